The zero-order valence-electron chi connectivity index (χ0n) is 16.2. The largest absolute Gasteiger partial charge is 0.393 e. The van der Waals surface area contributed by atoms with Crippen molar-refractivity contribution in [3.8, 4) is 0 Å². The van der Waals surface area contributed by atoms with Crippen molar-refractivity contribution in [3.05, 3.63) is 11.6 Å². The molecule has 148 valence electrons. The predicted octanol–water partition coefficient (Wildman–Crippen LogP) is 3.89. The Morgan fingerprint density at radius 2 is 1.81 bits per heavy atom. The van der Waals surface area contributed by atoms with E-state index in [0.29, 0.717) is 11.7 Å². The van der Waals surface area contributed by atoms with Gasteiger partial charge in [-0.25, -0.2) is 0 Å². The Balaban J connectivity index is 0.000000349. The monoisotopic (exact) mass is 384 g/mol. The molecule has 4 rings (SSSR count). The lowest BCUT2D eigenvalue weighted by Crippen LogP contribution is -2.51. The summed E-state index contributed by atoms with van der Waals surface area (Å²) < 4.78 is 13.2. The molecule has 7 atom stereocenters. The van der Waals surface area contributed by atoms with Gasteiger partial charge >= 0.3 is 8.25 Å². The standard InChI is InChI=1S/C19H28O2.CH5O3P/c1-18-9-7-13(20)11-12(18)3-4-14-15-5-6-17(21)19(15,2)10-8-16(14)18;1-4-5(2)3/h11,14-17,21H,3-10H2,1-2H3;5H,1H3,(H,2,3)/t14-,15-,16-,17-,18-,19-;/m0./s1. The minimum Gasteiger partial charge on any atom is -0.393 e. The van der Waals surface area contributed by atoms with Crippen LogP contribution in [0.4, 0.5) is 0 Å². The summed E-state index contributed by atoms with van der Waals surface area (Å²) in [6, 6.07) is 0. The predicted molar refractivity (Wildman–Crippen MR) is 101 cm³/mol. The summed E-state index contributed by atoms with van der Waals surface area (Å²) in [7, 11) is -1.44. The molecule has 3 saturated carbocycles. The van der Waals surface area contributed by atoms with Crippen LogP contribution in [0.5, 0.6) is 0 Å². The molecule has 4 aliphatic carbocycles. The van der Waals surface area contributed by atoms with E-state index in [1.54, 1.807) is 0 Å². The Labute approximate surface area is 157 Å². The van der Waals surface area contributed by atoms with Gasteiger partial charge in [-0.15, -0.1) is 0 Å². The molecule has 0 aliphatic heterocycles. The summed E-state index contributed by atoms with van der Waals surface area (Å²) in [6.45, 7) is 4.76. The normalized spacial score (nSPS) is 45.4. The maximum absolute atomic E-state index is 11.8. The quantitative estimate of drug-likeness (QED) is 0.670. The van der Waals surface area contributed by atoms with Crippen LogP contribution in [0, 0.1) is 28.6 Å². The van der Waals surface area contributed by atoms with Gasteiger partial charge in [-0.2, -0.15) is 0 Å². The summed E-state index contributed by atoms with van der Waals surface area (Å²) in [6.07, 6.45) is 10.7. The van der Waals surface area contributed by atoms with E-state index >= 15 is 0 Å². The zero-order valence-corrected chi connectivity index (χ0v) is 17.2. The van der Waals surface area contributed by atoms with Crippen LogP contribution in [0.15, 0.2) is 11.6 Å². The molecule has 1 unspecified atom stereocenters. The van der Waals surface area contributed by atoms with Crippen LogP contribution in [0.2, 0.25) is 0 Å². The van der Waals surface area contributed by atoms with E-state index in [1.807, 2.05) is 6.08 Å². The van der Waals surface area contributed by atoms with E-state index in [0.717, 1.165) is 37.5 Å². The molecule has 3 fully saturated rings. The maximum Gasteiger partial charge on any atom is 0.316 e. The molecule has 0 saturated heterocycles. The van der Waals surface area contributed by atoms with Crippen LogP contribution in [-0.2, 0) is 13.9 Å². The second-order valence-electron chi connectivity index (χ2n) is 9.08. The van der Waals surface area contributed by atoms with Gasteiger partial charge in [0.05, 0.1) is 6.10 Å². The molecule has 6 heteroatoms. The fraction of sp³-hybridized carbons (Fsp3) is 0.850. The van der Waals surface area contributed by atoms with Crippen molar-refractivity contribution in [2.75, 3.05) is 7.11 Å². The highest BCUT2D eigenvalue weighted by atomic mass is 31.1. The third kappa shape index (κ3) is 3.37. The number of allylic oxidation sites excluding steroid dienone is 1. The molecule has 2 N–H and O–H groups in total. The van der Waals surface area contributed by atoms with Crippen molar-refractivity contribution in [1.82, 2.24) is 0 Å². The van der Waals surface area contributed by atoms with Crippen molar-refractivity contribution in [3.63, 3.8) is 0 Å². The lowest BCUT2D eigenvalue weighted by atomic mass is 9.47. The topological polar surface area (TPSA) is 83.8 Å². The number of hydrogen-bond acceptors (Lipinski definition) is 4. The molecular formula is C20H33O5P. The molecule has 26 heavy (non-hydrogen) atoms. The molecule has 0 aromatic carbocycles. The zero-order chi connectivity index (χ0) is 19.1. The Morgan fingerprint density at radius 3 is 2.46 bits per heavy atom. The van der Waals surface area contributed by atoms with Gasteiger partial charge in [0.1, 0.15) is 0 Å². The Bertz CT molecular complexity index is 617. The van der Waals surface area contributed by atoms with Crippen molar-refractivity contribution in [1.29, 1.82) is 0 Å². The molecule has 0 heterocycles. The minimum atomic E-state index is -2.62. The van der Waals surface area contributed by atoms with Crippen molar-refractivity contribution in [2.45, 2.75) is 71.3 Å². The van der Waals surface area contributed by atoms with E-state index in [4.69, 9.17) is 4.89 Å². The lowest BCUT2D eigenvalue weighted by Gasteiger charge is -2.57. The summed E-state index contributed by atoms with van der Waals surface area (Å²) in [4.78, 5) is 19.5. The second kappa shape index (κ2) is 7.50. The summed E-state index contributed by atoms with van der Waals surface area (Å²) in [5, 5.41) is 10.4. The van der Waals surface area contributed by atoms with Gasteiger partial charge in [0.15, 0.2) is 5.78 Å². The first kappa shape index (κ1) is 20.3. The van der Waals surface area contributed by atoms with E-state index in [1.165, 1.54) is 38.4 Å². The number of aliphatic hydroxyl groups excluding tert-OH is 1. The lowest BCUT2D eigenvalue weighted by molar-refractivity contribution is -0.118. The van der Waals surface area contributed by atoms with Gasteiger partial charge in [-0.3, -0.25) is 9.36 Å². The molecule has 0 bridgehead atoms. The molecule has 0 spiro atoms. The highest BCUT2D eigenvalue weighted by Gasteiger charge is 2.58. The average Bonchev–Trinajstić information content (AvgIpc) is 2.91. The molecule has 0 aromatic rings. The number of ketones is 1. The Kier molecular flexibility index (Phi) is 5.85. The molecule has 0 amide bonds. The molecular weight excluding hydrogens is 351 g/mol. The van der Waals surface area contributed by atoms with Gasteiger partial charge in [0, 0.05) is 13.5 Å². The van der Waals surface area contributed by atoms with Gasteiger partial charge < -0.3 is 14.5 Å². The van der Waals surface area contributed by atoms with Crippen LogP contribution in [-0.4, -0.2) is 29.0 Å². The van der Waals surface area contributed by atoms with Gasteiger partial charge in [0.25, 0.3) is 0 Å². The first-order valence-electron chi connectivity index (χ1n) is 9.91. The number of carbonyl (C=O) groups excluding carboxylic acids is 1. The van der Waals surface area contributed by atoms with Crippen LogP contribution in [0.3, 0.4) is 0 Å². The first-order chi connectivity index (χ1) is 12.2. The van der Waals surface area contributed by atoms with Crippen molar-refractivity contribution < 1.29 is 23.9 Å². The highest BCUT2D eigenvalue weighted by molar-refractivity contribution is 7.32. The van der Waals surface area contributed by atoms with Gasteiger partial charge in [-0.05, 0) is 79.6 Å². The molecule has 0 aromatic heterocycles. The summed E-state index contributed by atoms with van der Waals surface area (Å²) in [5.74, 6) is 2.57. The maximum atomic E-state index is 11.8. The number of fused-ring (bicyclic) bond motifs is 5. The minimum absolute atomic E-state index is 0.0823. The smallest absolute Gasteiger partial charge is 0.316 e. The number of carbonyl (C=O) groups is 1. The average molecular weight is 384 g/mol. The van der Waals surface area contributed by atoms with E-state index in [9.17, 15) is 14.5 Å². The summed E-state index contributed by atoms with van der Waals surface area (Å²) in [5.41, 5.74) is 1.89. The Hall–Kier alpha value is -0.480. The van der Waals surface area contributed by atoms with Gasteiger partial charge in [-0.1, -0.05) is 19.4 Å². The number of rotatable bonds is 1. The third-order valence-corrected chi connectivity index (χ3v) is 8.44. The van der Waals surface area contributed by atoms with Gasteiger partial charge in [0.2, 0.25) is 0 Å². The number of hydrogen-bond donors (Lipinski definition) is 2. The molecule has 4 aliphatic rings. The fourth-order valence-electron chi connectivity index (χ4n) is 6.53. The van der Waals surface area contributed by atoms with E-state index in [-0.39, 0.29) is 16.9 Å². The Morgan fingerprint density at radius 1 is 1.12 bits per heavy atom. The highest BCUT2D eigenvalue weighted by Crippen LogP contribution is 2.65. The first-order valence-corrected chi connectivity index (χ1v) is 11.2. The molecule has 5 nitrogen and oxygen atoms in total. The van der Waals surface area contributed by atoms with Crippen LogP contribution >= 0.6 is 8.25 Å². The van der Waals surface area contributed by atoms with Crippen molar-refractivity contribution >= 4 is 14.0 Å². The SMILES string of the molecule is CO[PH](=O)O.C[C@]12CC[C@H]3[C@@H](CCC4=CC(=O)CC[C@@]43C)[C@@H]1CC[C@@H]2O. The second-order valence-corrected chi connectivity index (χ2v) is 10.0. The summed E-state index contributed by atoms with van der Waals surface area (Å²) >= 11 is 0. The van der Waals surface area contributed by atoms with Crippen LogP contribution < -0.4 is 0 Å². The fourth-order valence-corrected chi connectivity index (χ4v) is 6.53. The van der Waals surface area contributed by atoms with E-state index in [2.05, 4.69) is 18.4 Å². The van der Waals surface area contributed by atoms with Crippen LogP contribution in [0.1, 0.15) is 65.2 Å². The number of aliphatic hydroxyl groups is 1. The van der Waals surface area contributed by atoms with E-state index < -0.39 is 8.25 Å². The third-order valence-electron chi connectivity index (χ3n) is 8.09. The van der Waals surface area contributed by atoms with Crippen LogP contribution in [0.25, 0.3) is 0 Å². The molecule has 0 radical (unpaired) electrons. The van der Waals surface area contributed by atoms with Crippen molar-refractivity contribution in [2.24, 2.45) is 28.6 Å².